The average molecular weight is 254 g/mol. The number of methoxy groups -OCH3 is 1. The standard InChI is InChI=1S/C13H22N2O3/c1-18-13(17)11-4-2-3-9-15(11)12(16)7-8-14-10-5-6-10/h10-11,14H,2-9H2,1H3. The van der Waals surface area contributed by atoms with Crippen LogP contribution >= 0.6 is 0 Å². The van der Waals surface area contributed by atoms with Crippen LogP contribution in [0, 0.1) is 0 Å². The highest BCUT2D eigenvalue weighted by Crippen LogP contribution is 2.20. The van der Waals surface area contributed by atoms with Gasteiger partial charge in [-0.3, -0.25) is 4.79 Å². The first-order chi connectivity index (χ1) is 8.72. The SMILES string of the molecule is COC(=O)C1CCCCN1C(=O)CCNC1CC1. The predicted molar refractivity (Wildman–Crippen MR) is 67.0 cm³/mol. The van der Waals surface area contributed by atoms with E-state index in [9.17, 15) is 9.59 Å². The first-order valence-corrected chi connectivity index (χ1v) is 6.83. The smallest absolute Gasteiger partial charge is 0.328 e. The third-order valence-electron chi connectivity index (χ3n) is 3.65. The Hall–Kier alpha value is -1.10. The number of piperidine rings is 1. The molecule has 1 N–H and O–H groups in total. The molecule has 1 saturated heterocycles. The molecule has 5 heteroatoms. The number of nitrogens with one attached hydrogen (secondary N) is 1. The Morgan fingerprint density at radius 1 is 1.28 bits per heavy atom. The summed E-state index contributed by atoms with van der Waals surface area (Å²) in [4.78, 5) is 25.4. The summed E-state index contributed by atoms with van der Waals surface area (Å²) in [5, 5.41) is 3.32. The molecule has 1 heterocycles. The second-order valence-corrected chi connectivity index (χ2v) is 5.10. The second kappa shape index (κ2) is 6.18. The van der Waals surface area contributed by atoms with Gasteiger partial charge in [0.1, 0.15) is 6.04 Å². The lowest BCUT2D eigenvalue weighted by molar-refractivity contribution is -0.154. The molecule has 0 aromatic heterocycles. The molecular formula is C13H22N2O3. The Kier molecular flexibility index (Phi) is 4.58. The summed E-state index contributed by atoms with van der Waals surface area (Å²) >= 11 is 0. The van der Waals surface area contributed by atoms with E-state index in [1.807, 2.05) is 0 Å². The normalized spacial score (nSPS) is 23.8. The van der Waals surface area contributed by atoms with Gasteiger partial charge in [-0.15, -0.1) is 0 Å². The van der Waals surface area contributed by atoms with Crippen molar-refractivity contribution in [2.45, 2.75) is 50.6 Å². The van der Waals surface area contributed by atoms with Crippen molar-refractivity contribution in [3.05, 3.63) is 0 Å². The minimum atomic E-state index is -0.364. The summed E-state index contributed by atoms with van der Waals surface area (Å²) in [7, 11) is 1.38. The molecule has 102 valence electrons. The van der Waals surface area contributed by atoms with Crippen LogP contribution in [0.25, 0.3) is 0 Å². The van der Waals surface area contributed by atoms with Gasteiger partial charge < -0.3 is 15.0 Å². The van der Waals surface area contributed by atoms with Crippen molar-refractivity contribution in [1.82, 2.24) is 10.2 Å². The van der Waals surface area contributed by atoms with Crippen LogP contribution in [0.2, 0.25) is 0 Å². The van der Waals surface area contributed by atoms with Gasteiger partial charge in [0.25, 0.3) is 0 Å². The number of amides is 1. The van der Waals surface area contributed by atoms with E-state index in [1.54, 1.807) is 4.90 Å². The Balaban J connectivity index is 1.82. The van der Waals surface area contributed by atoms with Gasteiger partial charge in [-0.1, -0.05) is 0 Å². The molecule has 0 bridgehead atoms. The molecule has 2 fully saturated rings. The molecule has 1 amide bonds. The highest BCUT2D eigenvalue weighted by atomic mass is 16.5. The molecule has 1 saturated carbocycles. The highest BCUT2D eigenvalue weighted by molar-refractivity contribution is 5.84. The lowest BCUT2D eigenvalue weighted by Gasteiger charge is -2.33. The molecule has 1 unspecified atom stereocenters. The molecule has 1 aliphatic carbocycles. The number of carbonyl (C=O) groups is 2. The average Bonchev–Trinajstić information content (AvgIpc) is 3.22. The molecule has 0 aromatic carbocycles. The fourth-order valence-corrected chi connectivity index (χ4v) is 2.43. The number of likely N-dealkylation sites (tertiary alicyclic amines) is 1. The molecule has 2 aliphatic rings. The van der Waals surface area contributed by atoms with Crippen molar-refractivity contribution < 1.29 is 14.3 Å². The van der Waals surface area contributed by atoms with Crippen LogP contribution in [0.5, 0.6) is 0 Å². The molecular weight excluding hydrogens is 232 g/mol. The van der Waals surface area contributed by atoms with Crippen molar-refractivity contribution in [1.29, 1.82) is 0 Å². The van der Waals surface area contributed by atoms with Gasteiger partial charge in [0.15, 0.2) is 0 Å². The number of rotatable bonds is 5. The van der Waals surface area contributed by atoms with Crippen molar-refractivity contribution in [3.8, 4) is 0 Å². The third-order valence-corrected chi connectivity index (χ3v) is 3.65. The second-order valence-electron chi connectivity index (χ2n) is 5.10. The maximum absolute atomic E-state index is 12.1. The lowest BCUT2D eigenvalue weighted by Crippen LogP contribution is -2.49. The molecule has 2 rings (SSSR count). The summed E-state index contributed by atoms with van der Waals surface area (Å²) in [5.74, 6) is -0.212. The Morgan fingerprint density at radius 2 is 2.06 bits per heavy atom. The number of hydrogen-bond donors (Lipinski definition) is 1. The predicted octanol–water partition coefficient (Wildman–Crippen LogP) is 0.683. The van der Waals surface area contributed by atoms with Crippen LogP contribution < -0.4 is 5.32 Å². The fourth-order valence-electron chi connectivity index (χ4n) is 2.43. The largest absolute Gasteiger partial charge is 0.467 e. The topological polar surface area (TPSA) is 58.6 Å². The number of ether oxygens (including phenoxy) is 1. The Morgan fingerprint density at radius 3 is 2.72 bits per heavy atom. The van der Waals surface area contributed by atoms with Crippen LogP contribution in [-0.2, 0) is 14.3 Å². The maximum atomic E-state index is 12.1. The van der Waals surface area contributed by atoms with Gasteiger partial charge in [0.05, 0.1) is 7.11 Å². The van der Waals surface area contributed by atoms with Crippen LogP contribution in [0.1, 0.15) is 38.5 Å². The van der Waals surface area contributed by atoms with Crippen LogP contribution in [0.3, 0.4) is 0 Å². The van der Waals surface area contributed by atoms with Gasteiger partial charge in [0, 0.05) is 25.6 Å². The quantitative estimate of drug-likeness (QED) is 0.733. The van der Waals surface area contributed by atoms with Crippen molar-refractivity contribution in [3.63, 3.8) is 0 Å². The Bertz CT molecular complexity index is 315. The van der Waals surface area contributed by atoms with E-state index in [0.29, 0.717) is 25.6 Å². The van der Waals surface area contributed by atoms with Crippen LogP contribution in [-0.4, -0.2) is 49.1 Å². The molecule has 1 atom stereocenters. The first kappa shape index (κ1) is 13.3. The van der Waals surface area contributed by atoms with Gasteiger partial charge in [-0.2, -0.15) is 0 Å². The third kappa shape index (κ3) is 3.45. The number of hydrogen-bond acceptors (Lipinski definition) is 4. The number of carbonyl (C=O) groups excluding carboxylic acids is 2. The van der Waals surface area contributed by atoms with E-state index in [4.69, 9.17) is 4.74 Å². The molecule has 0 aromatic rings. The summed E-state index contributed by atoms with van der Waals surface area (Å²) in [5.41, 5.74) is 0. The minimum absolute atomic E-state index is 0.0678. The van der Waals surface area contributed by atoms with E-state index >= 15 is 0 Å². The van der Waals surface area contributed by atoms with Crippen molar-refractivity contribution in [2.75, 3.05) is 20.2 Å². The molecule has 1 aliphatic heterocycles. The summed E-state index contributed by atoms with van der Waals surface area (Å²) < 4.78 is 4.77. The monoisotopic (exact) mass is 254 g/mol. The van der Waals surface area contributed by atoms with Crippen LogP contribution in [0.15, 0.2) is 0 Å². The van der Waals surface area contributed by atoms with Gasteiger partial charge in [-0.05, 0) is 32.1 Å². The maximum Gasteiger partial charge on any atom is 0.328 e. The minimum Gasteiger partial charge on any atom is -0.467 e. The summed E-state index contributed by atoms with van der Waals surface area (Å²) in [6, 6.07) is 0.257. The van der Waals surface area contributed by atoms with Crippen molar-refractivity contribution in [2.24, 2.45) is 0 Å². The number of esters is 1. The van der Waals surface area contributed by atoms with E-state index in [1.165, 1.54) is 20.0 Å². The lowest BCUT2D eigenvalue weighted by atomic mass is 10.0. The molecule has 0 spiro atoms. The summed E-state index contributed by atoms with van der Waals surface area (Å²) in [6.07, 6.45) is 5.63. The van der Waals surface area contributed by atoms with E-state index in [0.717, 1.165) is 19.3 Å². The van der Waals surface area contributed by atoms with Gasteiger partial charge in [-0.25, -0.2) is 4.79 Å². The molecule has 0 radical (unpaired) electrons. The van der Waals surface area contributed by atoms with Gasteiger partial charge >= 0.3 is 5.97 Å². The zero-order valence-electron chi connectivity index (χ0n) is 11.0. The van der Waals surface area contributed by atoms with Crippen LogP contribution in [0.4, 0.5) is 0 Å². The molecule has 5 nitrogen and oxygen atoms in total. The number of nitrogens with zero attached hydrogens (tertiary/aromatic N) is 1. The highest BCUT2D eigenvalue weighted by Gasteiger charge is 2.32. The first-order valence-electron chi connectivity index (χ1n) is 6.83. The van der Waals surface area contributed by atoms with E-state index in [-0.39, 0.29) is 17.9 Å². The zero-order chi connectivity index (χ0) is 13.0. The van der Waals surface area contributed by atoms with E-state index in [2.05, 4.69) is 5.32 Å². The fraction of sp³-hybridized carbons (Fsp3) is 0.846. The molecule has 18 heavy (non-hydrogen) atoms. The van der Waals surface area contributed by atoms with E-state index < -0.39 is 0 Å². The zero-order valence-corrected chi connectivity index (χ0v) is 11.0. The van der Waals surface area contributed by atoms with Gasteiger partial charge in [0.2, 0.25) is 5.91 Å². The Labute approximate surface area is 108 Å². The summed E-state index contributed by atoms with van der Waals surface area (Å²) in [6.45, 7) is 1.40. The van der Waals surface area contributed by atoms with Crippen molar-refractivity contribution >= 4 is 11.9 Å².